The van der Waals surface area contributed by atoms with Gasteiger partial charge < -0.3 is 11.5 Å². The topological polar surface area (TPSA) is 52.0 Å². The summed E-state index contributed by atoms with van der Waals surface area (Å²) in [5, 5.41) is 0. The van der Waals surface area contributed by atoms with E-state index in [2.05, 4.69) is 6.92 Å². The minimum atomic E-state index is 0.0983. The molecule has 1 unspecified atom stereocenters. The summed E-state index contributed by atoms with van der Waals surface area (Å²) in [4.78, 5) is 0. The number of anilines is 1. The summed E-state index contributed by atoms with van der Waals surface area (Å²) in [6, 6.07) is 7.93. The van der Waals surface area contributed by atoms with Crippen molar-refractivity contribution in [1.82, 2.24) is 0 Å². The molecule has 0 radical (unpaired) electrons. The van der Waals surface area contributed by atoms with E-state index in [0.29, 0.717) is 0 Å². The predicted octanol–water partition coefficient (Wildman–Crippen LogP) is 2.46. The second kappa shape index (κ2) is 4.87. The lowest BCUT2D eigenvalue weighted by Crippen LogP contribution is -2.12. The van der Waals surface area contributed by atoms with Gasteiger partial charge in [0.05, 0.1) is 0 Å². The molecule has 72 valence electrons. The zero-order chi connectivity index (χ0) is 9.68. The Bertz CT molecular complexity index is 258. The van der Waals surface area contributed by atoms with E-state index in [1.165, 1.54) is 6.42 Å². The summed E-state index contributed by atoms with van der Waals surface area (Å²) in [6.45, 7) is 2.17. The van der Waals surface area contributed by atoms with Crippen LogP contribution in [0.5, 0.6) is 0 Å². The maximum absolute atomic E-state index is 6.00. The van der Waals surface area contributed by atoms with Crippen molar-refractivity contribution in [2.45, 2.75) is 32.2 Å². The third-order valence-electron chi connectivity index (χ3n) is 2.26. The Labute approximate surface area is 79.9 Å². The Morgan fingerprint density at radius 3 is 2.62 bits per heavy atom. The SMILES string of the molecule is CCCCC(N)c1ccccc1N. The number of benzene rings is 1. The average Bonchev–Trinajstić information content (AvgIpc) is 2.15. The van der Waals surface area contributed by atoms with Gasteiger partial charge in [0.25, 0.3) is 0 Å². The van der Waals surface area contributed by atoms with Gasteiger partial charge in [-0.15, -0.1) is 0 Å². The Morgan fingerprint density at radius 2 is 2.00 bits per heavy atom. The predicted molar refractivity (Wildman–Crippen MR) is 57.3 cm³/mol. The summed E-state index contributed by atoms with van der Waals surface area (Å²) in [5.74, 6) is 0. The Hall–Kier alpha value is -1.02. The van der Waals surface area contributed by atoms with Crippen molar-refractivity contribution in [3.63, 3.8) is 0 Å². The summed E-state index contributed by atoms with van der Waals surface area (Å²) in [5.41, 5.74) is 13.7. The van der Waals surface area contributed by atoms with Crippen LogP contribution in [0.15, 0.2) is 24.3 Å². The molecular weight excluding hydrogens is 160 g/mol. The van der Waals surface area contributed by atoms with Gasteiger partial charge >= 0.3 is 0 Å². The highest BCUT2D eigenvalue weighted by Gasteiger charge is 2.07. The van der Waals surface area contributed by atoms with Crippen molar-refractivity contribution >= 4 is 5.69 Å². The molecule has 0 heterocycles. The van der Waals surface area contributed by atoms with Gasteiger partial charge in [-0.2, -0.15) is 0 Å². The van der Waals surface area contributed by atoms with Gasteiger partial charge in [0.15, 0.2) is 0 Å². The fourth-order valence-corrected chi connectivity index (χ4v) is 1.43. The molecule has 1 aromatic rings. The largest absolute Gasteiger partial charge is 0.398 e. The zero-order valence-electron chi connectivity index (χ0n) is 8.16. The third-order valence-corrected chi connectivity index (χ3v) is 2.26. The second-order valence-corrected chi connectivity index (χ2v) is 3.38. The van der Waals surface area contributed by atoms with Crippen LogP contribution >= 0.6 is 0 Å². The highest BCUT2D eigenvalue weighted by atomic mass is 14.7. The molecule has 0 aliphatic carbocycles. The fourth-order valence-electron chi connectivity index (χ4n) is 1.43. The number of hydrogen-bond donors (Lipinski definition) is 2. The van der Waals surface area contributed by atoms with Crippen LogP contribution in [0.2, 0.25) is 0 Å². The molecular formula is C11H18N2. The number of para-hydroxylation sites is 1. The minimum absolute atomic E-state index is 0.0983. The summed E-state index contributed by atoms with van der Waals surface area (Å²) in [6.07, 6.45) is 3.36. The Morgan fingerprint density at radius 1 is 1.31 bits per heavy atom. The smallest absolute Gasteiger partial charge is 0.0362 e. The normalized spacial score (nSPS) is 12.8. The van der Waals surface area contributed by atoms with E-state index in [0.717, 1.165) is 24.1 Å². The molecule has 0 aliphatic heterocycles. The van der Waals surface area contributed by atoms with Gasteiger partial charge in [-0.3, -0.25) is 0 Å². The van der Waals surface area contributed by atoms with Crippen molar-refractivity contribution in [2.24, 2.45) is 5.73 Å². The monoisotopic (exact) mass is 178 g/mol. The molecule has 1 atom stereocenters. The van der Waals surface area contributed by atoms with Crippen molar-refractivity contribution < 1.29 is 0 Å². The minimum Gasteiger partial charge on any atom is -0.398 e. The lowest BCUT2D eigenvalue weighted by Gasteiger charge is -2.13. The number of unbranched alkanes of at least 4 members (excludes halogenated alkanes) is 1. The van der Waals surface area contributed by atoms with E-state index < -0.39 is 0 Å². The van der Waals surface area contributed by atoms with E-state index in [-0.39, 0.29) is 6.04 Å². The fraction of sp³-hybridized carbons (Fsp3) is 0.455. The van der Waals surface area contributed by atoms with Gasteiger partial charge in [-0.25, -0.2) is 0 Å². The Kier molecular flexibility index (Phi) is 3.77. The molecule has 4 N–H and O–H groups in total. The molecule has 2 heteroatoms. The maximum Gasteiger partial charge on any atom is 0.0362 e. The molecule has 1 aromatic carbocycles. The molecule has 0 saturated heterocycles. The molecule has 0 aromatic heterocycles. The van der Waals surface area contributed by atoms with Crippen molar-refractivity contribution in [3.05, 3.63) is 29.8 Å². The molecule has 0 fully saturated rings. The summed E-state index contributed by atoms with van der Waals surface area (Å²) >= 11 is 0. The van der Waals surface area contributed by atoms with Crippen LogP contribution in [-0.2, 0) is 0 Å². The number of hydrogen-bond acceptors (Lipinski definition) is 2. The first kappa shape index (κ1) is 10.1. The van der Waals surface area contributed by atoms with Gasteiger partial charge in [-0.05, 0) is 18.1 Å². The van der Waals surface area contributed by atoms with Crippen molar-refractivity contribution in [3.8, 4) is 0 Å². The molecule has 13 heavy (non-hydrogen) atoms. The second-order valence-electron chi connectivity index (χ2n) is 3.38. The van der Waals surface area contributed by atoms with Crippen LogP contribution in [0.25, 0.3) is 0 Å². The van der Waals surface area contributed by atoms with Crippen LogP contribution in [0, 0.1) is 0 Å². The summed E-state index contributed by atoms with van der Waals surface area (Å²) < 4.78 is 0. The molecule has 0 aliphatic rings. The van der Waals surface area contributed by atoms with E-state index in [9.17, 15) is 0 Å². The molecule has 0 bridgehead atoms. The molecule has 1 rings (SSSR count). The molecule has 0 saturated carbocycles. The van der Waals surface area contributed by atoms with Gasteiger partial charge in [-0.1, -0.05) is 38.0 Å². The molecule has 2 nitrogen and oxygen atoms in total. The number of nitrogen functional groups attached to an aromatic ring is 1. The van der Waals surface area contributed by atoms with E-state index >= 15 is 0 Å². The van der Waals surface area contributed by atoms with Crippen molar-refractivity contribution in [2.75, 3.05) is 5.73 Å². The first-order valence-corrected chi connectivity index (χ1v) is 4.85. The van der Waals surface area contributed by atoms with Crippen LogP contribution in [0.4, 0.5) is 5.69 Å². The third kappa shape index (κ3) is 2.74. The van der Waals surface area contributed by atoms with Crippen LogP contribution < -0.4 is 11.5 Å². The van der Waals surface area contributed by atoms with Crippen LogP contribution in [-0.4, -0.2) is 0 Å². The van der Waals surface area contributed by atoms with Crippen molar-refractivity contribution in [1.29, 1.82) is 0 Å². The van der Waals surface area contributed by atoms with E-state index in [4.69, 9.17) is 11.5 Å². The first-order chi connectivity index (χ1) is 6.25. The summed E-state index contributed by atoms with van der Waals surface area (Å²) in [7, 11) is 0. The molecule has 0 amide bonds. The van der Waals surface area contributed by atoms with Crippen LogP contribution in [0.1, 0.15) is 37.8 Å². The van der Waals surface area contributed by atoms with Gasteiger partial charge in [0, 0.05) is 11.7 Å². The van der Waals surface area contributed by atoms with Crippen LogP contribution in [0.3, 0.4) is 0 Å². The van der Waals surface area contributed by atoms with Gasteiger partial charge in [0.1, 0.15) is 0 Å². The van der Waals surface area contributed by atoms with Gasteiger partial charge in [0.2, 0.25) is 0 Å². The Balaban J connectivity index is 2.65. The highest BCUT2D eigenvalue weighted by Crippen LogP contribution is 2.21. The average molecular weight is 178 g/mol. The molecule has 0 spiro atoms. The quantitative estimate of drug-likeness (QED) is 0.696. The highest BCUT2D eigenvalue weighted by molar-refractivity contribution is 5.47. The van der Waals surface area contributed by atoms with E-state index in [1.54, 1.807) is 0 Å². The lowest BCUT2D eigenvalue weighted by atomic mass is 10.0. The van der Waals surface area contributed by atoms with E-state index in [1.807, 2.05) is 24.3 Å². The zero-order valence-corrected chi connectivity index (χ0v) is 8.16. The lowest BCUT2D eigenvalue weighted by molar-refractivity contribution is 0.605. The number of nitrogens with two attached hydrogens (primary N) is 2. The number of rotatable bonds is 4. The first-order valence-electron chi connectivity index (χ1n) is 4.85. The maximum atomic E-state index is 6.00. The standard InChI is InChI=1S/C11H18N2/c1-2-3-7-10(12)9-6-4-5-8-11(9)13/h4-6,8,10H,2-3,7,12-13H2,1H3.